The van der Waals surface area contributed by atoms with Crippen LogP contribution in [-0.4, -0.2) is 29.0 Å². The van der Waals surface area contributed by atoms with Gasteiger partial charge in [-0.2, -0.15) is 0 Å². The number of hydrogen-bond acceptors (Lipinski definition) is 3. The lowest BCUT2D eigenvalue weighted by molar-refractivity contribution is 0.199. The Morgan fingerprint density at radius 2 is 2.43 bits per heavy atom. The summed E-state index contributed by atoms with van der Waals surface area (Å²) in [7, 11) is 0. The number of rotatable bonds is 2. The Labute approximate surface area is 84.9 Å². The zero-order chi connectivity index (χ0) is 9.80. The summed E-state index contributed by atoms with van der Waals surface area (Å²) in [6.45, 7) is 3.11. The van der Waals surface area contributed by atoms with Crippen LogP contribution in [0, 0.1) is 0 Å². The Bertz CT molecular complexity index is 273. The average Bonchev–Trinajstić information content (AvgIpc) is 2.19. The minimum Gasteiger partial charge on any atom is -0.327 e. The number of hydrogen-bond donors (Lipinski definition) is 1. The molecule has 1 atom stereocenters. The monoisotopic (exact) mass is 191 g/mol. The summed E-state index contributed by atoms with van der Waals surface area (Å²) in [5, 5.41) is 0. The van der Waals surface area contributed by atoms with Crippen LogP contribution < -0.4 is 5.73 Å². The van der Waals surface area contributed by atoms with Crippen LogP contribution in [0.15, 0.2) is 24.4 Å². The van der Waals surface area contributed by atoms with Crippen LogP contribution >= 0.6 is 0 Å². The highest BCUT2D eigenvalue weighted by molar-refractivity contribution is 5.03. The first-order valence-corrected chi connectivity index (χ1v) is 5.22. The number of nitrogens with two attached hydrogens (primary N) is 1. The van der Waals surface area contributed by atoms with E-state index in [2.05, 4.69) is 16.0 Å². The summed E-state index contributed by atoms with van der Waals surface area (Å²) in [4.78, 5) is 6.70. The average molecular weight is 191 g/mol. The normalized spacial score (nSPS) is 23.6. The SMILES string of the molecule is N[C@@H]1CCCN(Cc2ccccn2)C1. The van der Waals surface area contributed by atoms with Gasteiger partial charge in [-0.3, -0.25) is 9.88 Å². The molecule has 0 aromatic carbocycles. The highest BCUT2D eigenvalue weighted by atomic mass is 15.1. The van der Waals surface area contributed by atoms with Gasteiger partial charge in [0, 0.05) is 25.3 Å². The molecule has 1 aliphatic heterocycles. The first-order valence-electron chi connectivity index (χ1n) is 5.22. The van der Waals surface area contributed by atoms with Gasteiger partial charge in [0.25, 0.3) is 0 Å². The molecule has 1 aliphatic rings. The summed E-state index contributed by atoms with van der Waals surface area (Å²) < 4.78 is 0. The largest absolute Gasteiger partial charge is 0.327 e. The van der Waals surface area contributed by atoms with Crippen LogP contribution in [0.5, 0.6) is 0 Å². The Morgan fingerprint density at radius 1 is 1.50 bits per heavy atom. The van der Waals surface area contributed by atoms with Gasteiger partial charge < -0.3 is 5.73 Å². The molecule has 0 unspecified atom stereocenters. The Morgan fingerprint density at radius 3 is 3.14 bits per heavy atom. The second-order valence-electron chi connectivity index (χ2n) is 3.96. The van der Waals surface area contributed by atoms with E-state index in [-0.39, 0.29) is 0 Å². The van der Waals surface area contributed by atoms with E-state index in [4.69, 9.17) is 5.73 Å². The van der Waals surface area contributed by atoms with E-state index in [1.165, 1.54) is 12.8 Å². The lowest BCUT2D eigenvalue weighted by Crippen LogP contribution is -2.42. The van der Waals surface area contributed by atoms with E-state index < -0.39 is 0 Å². The number of nitrogens with zero attached hydrogens (tertiary/aromatic N) is 2. The molecule has 2 rings (SSSR count). The van der Waals surface area contributed by atoms with E-state index in [0.29, 0.717) is 6.04 Å². The highest BCUT2D eigenvalue weighted by Gasteiger charge is 2.16. The molecule has 0 amide bonds. The smallest absolute Gasteiger partial charge is 0.0543 e. The fourth-order valence-corrected chi connectivity index (χ4v) is 1.96. The lowest BCUT2D eigenvalue weighted by atomic mass is 10.1. The van der Waals surface area contributed by atoms with Gasteiger partial charge in [0.15, 0.2) is 0 Å². The number of likely N-dealkylation sites (tertiary alicyclic amines) is 1. The maximum absolute atomic E-state index is 5.92. The molecule has 3 nitrogen and oxygen atoms in total. The third-order valence-electron chi connectivity index (χ3n) is 2.65. The highest BCUT2D eigenvalue weighted by Crippen LogP contribution is 2.10. The minimum absolute atomic E-state index is 0.354. The molecule has 2 N–H and O–H groups in total. The second-order valence-corrected chi connectivity index (χ2v) is 3.96. The van der Waals surface area contributed by atoms with Gasteiger partial charge in [-0.05, 0) is 31.5 Å². The third kappa shape index (κ3) is 2.53. The molecule has 3 heteroatoms. The van der Waals surface area contributed by atoms with Crippen molar-refractivity contribution in [2.45, 2.75) is 25.4 Å². The molecule has 14 heavy (non-hydrogen) atoms. The maximum atomic E-state index is 5.92. The fourth-order valence-electron chi connectivity index (χ4n) is 1.96. The second kappa shape index (κ2) is 4.53. The zero-order valence-corrected chi connectivity index (χ0v) is 8.39. The summed E-state index contributed by atoms with van der Waals surface area (Å²) in [5.41, 5.74) is 7.06. The number of aromatic nitrogens is 1. The van der Waals surface area contributed by atoms with Gasteiger partial charge in [-0.25, -0.2) is 0 Å². The molecule has 1 saturated heterocycles. The lowest BCUT2D eigenvalue weighted by Gasteiger charge is -2.30. The van der Waals surface area contributed by atoms with Gasteiger partial charge in [-0.1, -0.05) is 6.07 Å². The van der Waals surface area contributed by atoms with Gasteiger partial charge in [-0.15, -0.1) is 0 Å². The molecule has 1 aromatic heterocycles. The van der Waals surface area contributed by atoms with Crippen molar-refractivity contribution in [1.82, 2.24) is 9.88 Å². The van der Waals surface area contributed by atoms with Crippen molar-refractivity contribution >= 4 is 0 Å². The fraction of sp³-hybridized carbons (Fsp3) is 0.545. The molecule has 2 heterocycles. The molecule has 0 spiro atoms. The van der Waals surface area contributed by atoms with E-state index in [1.54, 1.807) is 0 Å². The summed E-state index contributed by atoms with van der Waals surface area (Å²) in [6, 6.07) is 6.41. The number of pyridine rings is 1. The van der Waals surface area contributed by atoms with Gasteiger partial charge in [0.2, 0.25) is 0 Å². The van der Waals surface area contributed by atoms with Gasteiger partial charge in [0.05, 0.1) is 5.69 Å². The van der Waals surface area contributed by atoms with Crippen LogP contribution in [0.1, 0.15) is 18.5 Å². The molecule has 0 radical (unpaired) electrons. The van der Waals surface area contributed by atoms with Crippen molar-refractivity contribution in [3.05, 3.63) is 30.1 Å². The Kier molecular flexibility index (Phi) is 3.11. The quantitative estimate of drug-likeness (QED) is 0.758. The molecule has 0 saturated carbocycles. The summed E-state index contributed by atoms with van der Waals surface area (Å²) in [6.07, 6.45) is 4.23. The molecule has 1 fully saturated rings. The predicted octanol–water partition coefficient (Wildman–Crippen LogP) is 1.00. The van der Waals surface area contributed by atoms with Crippen LogP contribution in [-0.2, 0) is 6.54 Å². The standard InChI is InChI=1S/C11H17N3/c12-10-4-3-7-14(8-10)9-11-5-1-2-6-13-11/h1-2,5-6,10H,3-4,7-9,12H2/t10-/m1/s1. The van der Waals surface area contributed by atoms with Gasteiger partial charge in [0.1, 0.15) is 0 Å². The predicted molar refractivity (Wildman–Crippen MR) is 56.7 cm³/mol. The first kappa shape index (κ1) is 9.62. The Balaban J connectivity index is 1.91. The zero-order valence-electron chi connectivity index (χ0n) is 8.39. The van der Waals surface area contributed by atoms with E-state index in [9.17, 15) is 0 Å². The summed E-state index contributed by atoms with van der Waals surface area (Å²) >= 11 is 0. The van der Waals surface area contributed by atoms with Crippen LogP contribution in [0.4, 0.5) is 0 Å². The van der Waals surface area contributed by atoms with E-state index in [0.717, 1.165) is 25.3 Å². The van der Waals surface area contributed by atoms with Crippen molar-refractivity contribution in [3.63, 3.8) is 0 Å². The maximum Gasteiger partial charge on any atom is 0.0543 e. The molecule has 1 aromatic rings. The molecule has 0 bridgehead atoms. The van der Waals surface area contributed by atoms with Crippen molar-refractivity contribution in [2.75, 3.05) is 13.1 Å². The van der Waals surface area contributed by atoms with Crippen molar-refractivity contribution in [1.29, 1.82) is 0 Å². The minimum atomic E-state index is 0.354. The Hall–Kier alpha value is -0.930. The van der Waals surface area contributed by atoms with Crippen LogP contribution in [0.2, 0.25) is 0 Å². The van der Waals surface area contributed by atoms with Crippen molar-refractivity contribution in [2.24, 2.45) is 5.73 Å². The van der Waals surface area contributed by atoms with Crippen molar-refractivity contribution < 1.29 is 0 Å². The first-order chi connectivity index (χ1) is 6.84. The summed E-state index contributed by atoms with van der Waals surface area (Å²) in [5.74, 6) is 0. The van der Waals surface area contributed by atoms with E-state index >= 15 is 0 Å². The number of piperidine rings is 1. The molecule has 0 aliphatic carbocycles. The molecular formula is C11H17N3. The van der Waals surface area contributed by atoms with Crippen LogP contribution in [0.3, 0.4) is 0 Å². The molecule has 76 valence electrons. The third-order valence-corrected chi connectivity index (χ3v) is 2.65. The molecular weight excluding hydrogens is 174 g/mol. The van der Waals surface area contributed by atoms with Crippen LogP contribution in [0.25, 0.3) is 0 Å². The van der Waals surface area contributed by atoms with Crippen molar-refractivity contribution in [3.8, 4) is 0 Å². The topological polar surface area (TPSA) is 42.1 Å². The van der Waals surface area contributed by atoms with Gasteiger partial charge >= 0.3 is 0 Å². The van der Waals surface area contributed by atoms with E-state index in [1.807, 2.05) is 18.3 Å².